The van der Waals surface area contributed by atoms with Gasteiger partial charge < -0.3 is 14.5 Å². The molecule has 1 amide bonds. The highest BCUT2D eigenvalue weighted by atomic mass is 16.5. The first-order valence-electron chi connectivity index (χ1n) is 11.0. The van der Waals surface area contributed by atoms with Gasteiger partial charge in [-0.3, -0.25) is 4.79 Å². The van der Waals surface area contributed by atoms with E-state index in [1.54, 1.807) is 0 Å². The van der Waals surface area contributed by atoms with Crippen molar-refractivity contribution in [2.24, 2.45) is 0 Å². The predicted molar refractivity (Wildman–Crippen MR) is 127 cm³/mol. The van der Waals surface area contributed by atoms with Gasteiger partial charge in [0.2, 0.25) is 0 Å². The molecule has 1 aliphatic rings. The van der Waals surface area contributed by atoms with Crippen molar-refractivity contribution in [3.8, 4) is 17.0 Å². The monoisotopic (exact) mass is 430 g/mol. The smallest absolute Gasteiger partial charge is 0.260 e. The zero-order valence-electron chi connectivity index (χ0n) is 19.3. The van der Waals surface area contributed by atoms with Crippen molar-refractivity contribution in [1.82, 2.24) is 15.1 Å². The number of rotatable bonds is 5. The summed E-state index contributed by atoms with van der Waals surface area (Å²) in [4.78, 5) is 16.7. The van der Waals surface area contributed by atoms with Crippen molar-refractivity contribution < 1.29 is 9.53 Å². The highest BCUT2D eigenvalue weighted by molar-refractivity contribution is 5.78. The quantitative estimate of drug-likeness (QED) is 0.610. The Morgan fingerprint density at radius 2 is 1.56 bits per heavy atom. The zero-order valence-corrected chi connectivity index (χ0v) is 19.3. The molecule has 0 aliphatic carbocycles. The average Bonchev–Trinajstić information content (AvgIpc) is 2.80. The van der Waals surface area contributed by atoms with Crippen molar-refractivity contribution >= 4 is 11.7 Å². The fraction of sp³-hybridized carbons (Fsp3) is 0.346. The summed E-state index contributed by atoms with van der Waals surface area (Å²) in [6, 6.07) is 16.4. The molecule has 0 spiro atoms. The van der Waals surface area contributed by atoms with Gasteiger partial charge in [0.05, 0.1) is 5.69 Å². The standard InChI is InChI=1S/C26H30N4O2/c1-18-6-8-22(21(4)15-18)23-9-10-25(28-27-23)29-11-13-30(14-12-29)26(31)17-32-24-16-19(2)5-7-20(24)3/h5-10,15-16H,11-14,17H2,1-4H3. The van der Waals surface area contributed by atoms with Gasteiger partial charge in [0.25, 0.3) is 5.91 Å². The Bertz CT molecular complexity index is 1100. The Hall–Kier alpha value is -3.41. The summed E-state index contributed by atoms with van der Waals surface area (Å²) in [7, 11) is 0. The molecular formula is C26H30N4O2. The number of hydrogen-bond donors (Lipinski definition) is 0. The second-order valence-corrected chi connectivity index (χ2v) is 8.52. The van der Waals surface area contributed by atoms with Crippen LogP contribution in [0.1, 0.15) is 22.3 Å². The number of nitrogens with zero attached hydrogens (tertiary/aromatic N) is 4. The summed E-state index contributed by atoms with van der Waals surface area (Å²) in [6.07, 6.45) is 0. The van der Waals surface area contributed by atoms with Gasteiger partial charge in [-0.25, -0.2) is 0 Å². The van der Waals surface area contributed by atoms with Gasteiger partial charge in [0.1, 0.15) is 5.75 Å². The van der Waals surface area contributed by atoms with Crippen LogP contribution in [-0.4, -0.2) is 53.8 Å². The summed E-state index contributed by atoms with van der Waals surface area (Å²) < 4.78 is 5.79. The van der Waals surface area contributed by atoms with E-state index in [0.29, 0.717) is 13.1 Å². The fourth-order valence-electron chi connectivity index (χ4n) is 4.02. The SMILES string of the molecule is Cc1ccc(-c2ccc(N3CCN(C(=O)COc4cc(C)ccc4C)CC3)nn2)c(C)c1. The molecule has 0 saturated carbocycles. The van der Waals surface area contributed by atoms with Crippen LogP contribution in [0.5, 0.6) is 5.75 Å². The number of anilines is 1. The molecule has 0 N–H and O–H groups in total. The van der Waals surface area contributed by atoms with Gasteiger partial charge in [-0.1, -0.05) is 35.9 Å². The fourth-order valence-corrected chi connectivity index (χ4v) is 4.02. The van der Waals surface area contributed by atoms with Crippen LogP contribution in [0.25, 0.3) is 11.3 Å². The second-order valence-electron chi connectivity index (χ2n) is 8.52. The minimum atomic E-state index is 0.0156. The van der Waals surface area contributed by atoms with Crippen molar-refractivity contribution in [2.45, 2.75) is 27.7 Å². The summed E-state index contributed by atoms with van der Waals surface area (Å²) in [5, 5.41) is 8.91. The van der Waals surface area contributed by atoms with E-state index >= 15 is 0 Å². The molecule has 3 aromatic rings. The lowest BCUT2D eigenvalue weighted by Crippen LogP contribution is -2.50. The summed E-state index contributed by atoms with van der Waals surface area (Å²) in [5.41, 5.74) is 6.58. The maximum atomic E-state index is 12.6. The molecule has 0 unspecified atom stereocenters. The number of ether oxygens (including phenoxy) is 1. The third-order valence-electron chi connectivity index (χ3n) is 5.96. The molecule has 2 heterocycles. The molecule has 1 saturated heterocycles. The first-order valence-corrected chi connectivity index (χ1v) is 11.0. The summed E-state index contributed by atoms with van der Waals surface area (Å²) >= 11 is 0. The van der Waals surface area contributed by atoms with E-state index in [1.165, 1.54) is 11.1 Å². The minimum absolute atomic E-state index is 0.0156. The Morgan fingerprint density at radius 3 is 2.25 bits per heavy atom. The molecule has 1 aromatic heterocycles. The Labute approximate surface area is 189 Å². The van der Waals surface area contributed by atoms with Crippen LogP contribution in [0.4, 0.5) is 5.82 Å². The molecule has 1 aliphatic heterocycles. The first-order chi connectivity index (χ1) is 15.4. The molecule has 6 nitrogen and oxygen atoms in total. The van der Waals surface area contributed by atoms with Gasteiger partial charge in [0.15, 0.2) is 12.4 Å². The Balaban J connectivity index is 1.32. The van der Waals surface area contributed by atoms with E-state index in [-0.39, 0.29) is 12.5 Å². The number of amides is 1. The number of carbonyl (C=O) groups excluding carboxylic acids is 1. The van der Waals surface area contributed by atoms with Gasteiger partial charge in [-0.2, -0.15) is 0 Å². The zero-order chi connectivity index (χ0) is 22.7. The molecule has 32 heavy (non-hydrogen) atoms. The van der Waals surface area contributed by atoms with Crippen LogP contribution in [0.2, 0.25) is 0 Å². The normalized spacial score (nSPS) is 13.9. The lowest BCUT2D eigenvalue weighted by atomic mass is 10.0. The van der Waals surface area contributed by atoms with Crippen molar-refractivity contribution in [2.75, 3.05) is 37.7 Å². The maximum Gasteiger partial charge on any atom is 0.260 e. The Kier molecular flexibility index (Phi) is 6.40. The van der Waals surface area contributed by atoms with Crippen LogP contribution in [-0.2, 0) is 4.79 Å². The number of carbonyl (C=O) groups is 1. The number of benzene rings is 2. The van der Waals surface area contributed by atoms with Crippen molar-refractivity contribution in [1.29, 1.82) is 0 Å². The molecular weight excluding hydrogens is 400 g/mol. The van der Waals surface area contributed by atoms with E-state index < -0.39 is 0 Å². The second kappa shape index (κ2) is 9.39. The van der Waals surface area contributed by atoms with E-state index in [9.17, 15) is 4.79 Å². The summed E-state index contributed by atoms with van der Waals surface area (Å²) in [5.74, 6) is 1.63. The third-order valence-corrected chi connectivity index (χ3v) is 5.96. The van der Waals surface area contributed by atoms with Gasteiger partial charge in [0, 0.05) is 31.7 Å². The molecule has 0 radical (unpaired) electrons. The molecule has 6 heteroatoms. The van der Waals surface area contributed by atoms with Gasteiger partial charge >= 0.3 is 0 Å². The van der Waals surface area contributed by atoms with E-state index in [2.05, 4.69) is 47.1 Å². The van der Waals surface area contributed by atoms with E-state index in [0.717, 1.165) is 47.0 Å². The first kappa shape index (κ1) is 21.8. The largest absolute Gasteiger partial charge is 0.483 e. The minimum Gasteiger partial charge on any atom is -0.483 e. The molecule has 4 rings (SSSR count). The van der Waals surface area contributed by atoms with Crippen LogP contribution in [0.3, 0.4) is 0 Å². The highest BCUT2D eigenvalue weighted by Gasteiger charge is 2.22. The molecule has 1 fully saturated rings. The molecule has 2 aromatic carbocycles. The number of aryl methyl sites for hydroxylation is 4. The van der Waals surface area contributed by atoms with Gasteiger partial charge in [-0.15, -0.1) is 10.2 Å². The molecule has 166 valence electrons. The van der Waals surface area contributed by atoms with Crippen molar-refractivity contribution in [3.63, 3.8) is 0 Å². The van der Waals surface area contributed by atoms with Crippen LogP contribution in [0.15, 0.2) is 48.5 Å². The topological polar surface area (TPSA) is 58.6 Å². The van der Waals surface area contributed by atoms with Gasteiger partial charge in [-0.05, 0) is 62.6 Å². The van der Waals surface area contributed by atoms with Crippen LogP contribution in [0, 0.1) is 27.7 Å². The number of hydrogen-bond acceptors (Lipinski definition) is 5. The Morgan fingerprint density at radius 1 is 0.844 bits per heavy atom. The van der Waals surface area contributed by atoms with E-state index in [1.807, 2.05) is 49.1 Å². The lowest BCUT2D eigenvalue weighted by Gasteiger charge is -2.35. The summed E-state index contributed by atoms with van der Waals surface area (Å²) in [6.45, 7) is 11.0. The lowest BCUT2D eigenvalue weighted by molar-refractivity contribution is -0.133. The average molecular weight is 431 g/mol. The highest BCUT2D eigenvalue weighted by Crippen LogP contribution is 2.24. The molecule has 0 bridgehead atoms. The van der Waals surface area contributed by atoms with Crippen LogP contribution < -0.4 is 9.64 Å². The maximum absolute atomic E-state index is 12.6. The number of aromatic nitrogens is 2. The van der Waals surface area contributed by atoms with Crippen LogP contribution >= 0.6 is 0 Å². The van der Waals surface area contributed by atoms with E-state index in [4.69, 9.17) is 4.74 Å². The number of piperazine rings is 1. The molecule has 0 atom stereocenters. The third kappa shape index (κ3) is 4.90. The van der Waals surface area contributed by atoms with Crippen molar-refractivity contribution in [3.05, 3.63) is 70.8 Å². The predicted octanol–water partition coefficient (Wildman–Crippen LogP) is 4.10.